The van der Waals surface area contributed by atoms with Gasteiger partial charge in [-0.3, -0.25) is 4.79 Å². The normalized spacial score (nSPS) is 12.3. The number of carboxylic acid groups (broad SMARTS) is 1. The summed E-state index contributed by atoms with van der Waals surface area (Å²) in [7, 11) is 1.46. The Bertz CT molecular complexity index is 870. The highest BCUT2D eigenvalue weighted by Gasteiger charge is 2.22. The van der Waals surface area contributed by atoms with Gasteiger partial charge < -0.3 is 20.3 Å². The minimum absolute atomic E-state index is 0.00498. The molecular weight excluding hydrogens is 310 g/mol. The first-order valence-corrected chi connectivity index (χ1v) is 7.23. The van der Waals surface area contributed by atoms with Crippen LogP contribution >= 0.6 is 0 Å². The van der Waals surface area contributed by atoms with E-state index in [0.29, 0.717) is 17.7 Å². The number of nitrogens with one attached hydrogen (secondary N) is 1. The summed E-state index contributed by atoms with van der Waals surface area (Å²) in [5.74, 6) is -1.13. The number of amides is 1. The van der Waals surface area contributed by atoms with E-state index in [1.54, 1.807) is 36.4 Å². The Morgan fingerprint density at radius 1 is 1.21 bits per heavy atom. The number of aromatic hydroxyl groups is 1. The van der Waals surface area contributed by atoms with Crippen LogP contribution in [0, 0.1) is 0 Å². The number of phenolic OH excluding ortho intramolecular Hbond substituents is 1. The minimum Gasteiger partial charge on any atom is -0.504 e. The first kappa shape index (κ1) is 15.6. The molecule has 0 unspecified atom stereocenters. The summed E-state index contributed by atoms with van der Waals surface area (Å²) < 4.78 is 5.06. The van der Waals surface area contributed by atoms with Crippen molar-refractivity contribution in [1.29, 1.82) is 0 Å². The van der Waals surface area contributed by atoms with Gasteiger partial charge in [-0.05, 0) is 41.5 Å². The fourth-order valence-electron chi connectivity index (χ4n) is 2.65. The van der Waals surface area contributed by atoms with Crippen LogP contribution in [-0.2, 0) is 11.2 Å². The van der Waals surface area contributed by atoms with E-state index in [9.17, 15) is 14.7 Å². The second-order valence-electron chi connectivity index (χ2n) is 5.37. The molecule has 0 radical (unpaired) electrons. The van der Waals surface area contributed by atoms with Crippen molar-refractivity contribution >= 4 is 23.6 Å². The van der Waals surface area contributed by atoms with Crippen LogP contribution in [0.2, 0.25) is 0 Å². The first-order valence-electron chi connectivity index (χ1n) is 7.23. The van der Waals surface area contributed by atoms with E-state index in [2.05, 4.69) is 5.32 Å². The Hall–Kier alpha value is -3.28. The quantitative estimate of drug-likeness (QED) is 0.803. The number of hydrogen-bond acceptors (Lipinski definition) is 4. The topological polar surface area (TPSA) is 95.9 Å². The molecule has 1 amide bonds. The molecule has 122 valence electrons. The number of carboxylic acids is 1. The molecule has 6 nitrogen and oxygen atoms in total. The lowest BCUT2D eigenvalue weighted by atomic mass is 10.1. The highest BCUT2D eigenvalue weighted by molar-refractivity contribution is 6.10. The van der Waals surface area contributed by atoms with E-state index in [1.807, 2.05) is 0 Å². The van der Waals surface area contributed by atoms with E-state index >= 15 is 0 Å². The monoisotopic (exact) mass is 325 g/mol. The van der Waals surface area contributed by atoms with Gasteiger partial charge in [0.2, 0.25) is 0 Å². The number of para-hydroxylation sites is 1. The van der Waals surface area contributed by atoms with E-state index < -0.39 is 5.97 Å². The standard InChI is InChI=1S/C18H15NO5/c1-24-16-9-11-7-12(6-10(11)8-15(16)20)17(21)19-14-5-3-2-4-13(14)18(22)23/h2-6,8-9,20H,7H2,1H3,(H,19,21)(H,22,23). The number of hydrogen-bond donors (Lipinski definition) is 3. The van der Waals surface area contributed by atoms with E-state index in [0.717, 1.165) is 11.1 Å². The summed E-state index contributed by atoms with van der Waals surface area (Å²) in [6.45, 7) is 0. The largest absolute Gasteiger partial charge is 0.504 e. The van der Waals surface area contributed by atoms with Crippen molar-refractivity contribution in [3.8, 4) is 11.5 Å². The molecule has 2 aromatic carbocycles. The van der Waals surface area contributed by atoms with Gasteiger partial charge in [0.1, 0.15) is 0 Å². The molecular formula is C18H15NO5. The molecule has 0 aliphatic heterocycles. The Balaban J connectivity index is 1.83. The number of anilines is 1. The number of methoxy groups -OCH3 is 1. The highest BCUT2D eigenvalue weighted by Crippen LogP contribution is 2.35. The predicted molar refractivity (Wildman–Crippen MR) is 88.4 cm³/mol. The molecule has 0 bridgehead atoms. The number of carbonyl (C=O) groups is 2. The van der Waals surface area contributed by atoms with Gasteiger partial charge in [-0.2, -0.15) is 0 Å². The van der Waals surface area contributed by atoms with Gasteiger partial charge in [-0.25, -0.2) is 4.79 Å². The molecule has 0 atom stereocenters. The fourth-order valence-corrected chi connectivity index (χ4v) is 2.65. The number of phenols is 1. The molecule has 1 aliphatic rings. The molecule has 3 rings (SSSR count). The number of ether oxygens (including phenoxy) is 1. The Morgan fingerprint density at radius 2 is 1.96 bits per heavy atom. The lowest BCUT2D eigenvalue weighted by molar-refractivity contribution is -0.112. The van der Waals surface area contributed by atoms with Crippen LogP contribution < -0.4 is 10.1 Å². The maximum Gasteiger partial charge on any atom is 0.337 e. The van der Waals surface area contributed by atoms with Crippen LogP contribution in [0.15, 0.2) is 42.0 Å². The van der Waals surface area contributed by atoms with Crippen LogP contribution in [0.3, 0.4) is 0 Å². The van der Waals surface area contributed by atoms with Crippen molar-refractivity contribution in [2.75, 3.05) is 12.4 Å². The van der Waals surface area contributed by atoms with Crippen LogP contribution in [-0.4, -0.2) is 29.2 Å². The number of fused-ring (bicyclic) bond motifs is 1. The molecule has 1 aliphatic carbocycles. The summed E-state index contributed by atoms with van der Waals surface area (Å²) in [4.78, 5) is 23.6. The summed E-state index contributed by atoms with van der Waals surface area (Å²) in [6.07, 6.45) is 2.06. The third-order valence-electron chi connectivity index (χ3n) is 3.85. The maximum atomic E-state index is 12.4. The first-order chi connectivity index (χ1) is 11.5. The maximum absolute atomic E-state index is 12.4. The van der Waals surface area contributed by atoms with Gasteiger partial charge >= 0.3 is 5.97 Å². The summed E-state index contributed by atoms with van der Waals surface area (Å²) in [6, 6.07) is 9.45. The zero-order valence-corrected chi connectivity index (χ0v) is 12.9. The van der Waals surface area contributed by atoms with Crippen LogP contribution in [0.25, 0.3) is 6.08 Å². The molecule has 0 aromatic heterocycles. The fraction of sp³-hybridized carbons (Fsp3) is 0.111. The van der Waals surface area contributed by atoms with Gasteiger partial charge in [-0.1, -0.05) is 12.1 Å². The van der Waals surface area contributed by atoms with Crippen molar-refractivity contribution in [2.24, 2.45) is 0 Å². The summed E-state index contributed by atoms with van der Waals surface area (Å²) in [5.41, 5.74) is 2.36. The molecule has 3 N–H and O–H groups in total. The van der Waals surface area contributed by atoms with Crippen molar-refractivity contribution in [3.63, 3.8) is 0 Å². The van der Waals surface area contributed by atoms with Crippen molar-refractivity contribution in [1.82, 2.24) is 0 Å². The van der Waals surface area contributed by atoms with Crippen LogP contribution in [0.1, 0.15) is 21.5 Å². The van der Waals surface area contributed by atoms with Gasteiger partial charge in [0.05, 0.1) is 18.4 Å². The average Bonchev–Trinajstić information content (AvgIpc) is 2.97. The lowest BCUT2D eigenvalue weighted by Gasteiger charge is -2.09. The minimum atomic E-state index is -1.11. The Labute approximate surface area is 138 Å². The molecule has 6 heteroatoms. The number of benzene rings is 2. The molecule has 0 heterocycles. The van der Waals surface area contributed by atoms with E-state index in [-0.39, 0.29) is 22.9 Å². The number of aromatic carboxylic acids is 1. The third kappa shape index (κ3) is 2.81. The number of carbonyl (C=O) groups excluding carboxylic acids is 1. The summed E-state index contributed by atoms with van der Waals surface area (Å²) >= 11 is 0. The van der Waals surface area contributed by atoms with Gasteiger partial charge in [-0.15, -0.1) is 0 Å². The van der Waals surface area contributed by atoms with E-state index in [1.165, 1.54) is 13.2 Å². The van der Waals surface area contributed by atoms with E-state index in [4.69, 9.17) is 9.84 Å². The second-order valence-corrected chi connectivity index (χ2v) is 5.37. The Morgan fingerprint density at radius 3 is 2.67 bits per heavy atom. The van der Waals surface area contributed by atoms with Crippen molar-refractivity contribution in [2.45, 2.75) is 6.42 Å². The molecule has 0 saturated carbocycles. The lowest BCUT2D eigenvalue weighted by Crippen LogP contribution is -2.16. The zero-order valence-electron chi connectivity index (χ0n) is 12.9. The molecule has 0 fully saturated rings. The average molecular weight is 325 g/mol. The molecule has 0 spiro atoms. The summed E-state index contributed by atoms with van der Waals surface area (Å²) in [5, 5.41) is 21.6. The Kier molecular flexibility index (Phi) is 3.95. The van der Waals surface area contributed by atoms with Gasteiger partial charge in [0.25, 0.3) is 5.91 Å². The SMILES string of the molecule is COc1cc2c(cc1O)C=C(C(=O)Nc1ccccc1C(=O)O)C2. The van der Waals surface area contributed by atoms with Crippen molar-refractivity contribution < 1.29 is 24.5 Å². The van der Waals surface area contributed by atoms with Gasteiger partial charge in [0, 0.05) is 12.0 Å². The predicted octanol–water partition coefficient (Wildman–Crippen LogP) is 2.68. The molecule has 2 aromatic rings. The number of rotatable bonds is 4. The smallest absolute Gasteiger partial charge is 0.337 e. The molecule has 0 saturated heterocycles. The third-order valence-corrected chi connectivity index (χ3v) is 3.85. The molecule has 24 heavy (non-hydrogen) atoms. The van der Waals surface area contributed by atoms with Crippen molar-refractivity contribution in [3.05, 3.63) is 58.7 Å². The van der Waals surface area contributed by atoms with Crippen LogP contribution in [0.4, 0.5) is 5.69 Å². The van der Waals surface area contributed by atoms with Crippen LogP contribution in [0.5, 0.6) is 11.5 Å². The van der Waals surface area contributed by atoms with Gasteiger partial charge in [0.15, 0.2) is 11.5 Å². The zero-order chi connectivity index (χ0) is 17.3. The second kappa shape index (κ2) is 6.08. The highest BCUT2D eigenvalue weighted by atomic mass is 16.5.